The Morgan fingerprint density at radius 3 is 2.26 bits per heavy atom. The van der Waals surface area contributed by atoms with E-state index in [1.807, 2.05) is 6.92 Å². The van der Waals surface area contributed by atoms with Crippen molar-refractivity contribution >= 4 is 17.7 Å². The van der Waals surface area contributed by atoms with Gasteiger partial charge in [-0.2, -0.15) is 0 Å². The first kappa shape index (κ1) is 17.6. The molecule has 0 radical (unpaired) electrons. The highest BCUT2D eigenvalue weighted by atomic mass is 16.6. The molecule has 0 heterocycles. The van der Waals surface area contributed by atoms with E-state index >= 15 is 0 Å². The predicted octanol–water partition coefficient (Wildman–Crippen LogP) is 2.48. The van der Waals surface area contributed by atoms with Gasteiger partial charge in [0.15, 0.2) is 0 Å². The molecule has 1 unspecified atom stereocenters. The van der Waals surface area contributed by atoms with E-state index in [4.69, 9.17) is 4.74 Å². The van der Waals surface area contributed by atoms with E-state index in [-0.39, 0.29) is 30.0 Å². The van der Waals surface area contributed by atoms with Crippen molar-refractivity contribution in [3.8, 4) is 0 Å². The summed E-state index contributed by atoms with van der Waals surface area (Å²) < 4.78 is 4.93. The van der Waals surface area contributed by atoms with Gasteiger partial charge in [0.2, 0.25) is 0 Å². The third-order valence-corrected chi connectivity index (χ3v) is 2.62. The largest absolute Gasteiger partial charge is 0.447 e. The van der Waals surface area contributed by atoms with Crippen molar-refractivity contribution in [2.75, 3.05) is 6.54 Å². The minimum Gasteiger partial charge on any atom is -0.447 e. The summed E-state index contributed by atoms with van der Waals surface area (Å²) in [6, 6.07) is 0. The van der Waals surface area contributed by atoms with Crippen LogP contribution >= 0.6 is 0 Å². The summed E-state index contributed by atoms with van der Waals surface area (Å²) in [4.78, 5) is 34.1. The molecule has 0 aliphatic heterocycles. The molecule has 0 spiro atoms. The lowest BCUT2D eigenvalue weighted by Crippen LogP contribution is -2.30. The maximum Gasteiger partial charge on any atom is 0.407 e. The maximum absolute atomic E-state index is 11.8. The zero-order valence-electron chi connectivity index (χ0n) is 12.3. The summed E-state index contributed by atoms with van der Waals surface area (Å²) in [7, 11) is 0. The maximum atomic E-state index is 11.8. The number of alkyl carbamates (subject to hydrolysis) is 1. The third-order valence-electron chi connectivity index (χ3n) is 2.62. The van der Waals surface area contributed by atoms with E-state index in [1.165, 1.54) is 6.92 Å². The fourth-order valence-corrected chi connectivity index (χ4v) is 1.81. The molecule has 0 rings (SSSR count). The van der Waals surface area contributed by atoms with Gasteiger partial charge in [0, 0.05) is 12.5 Å². The van der Waals surface area contributed by atoms with Gasteiger partial charge in [0.25, 0.3) is 0 Å². The van der Waals surface area contributed by atoms with E-state index in [0.717, 1.165) is 12.8 Å². The van der Waals surface area contributed by atoms with Crippen LogP contribution in [0.25, 0.3) is 0 Å². The first-order valence-electron chi connectivity index (χ1n) is 6.83. The number of ether oxygens (including phenoxy) is 1. The number of carbonyl (C=O) groups excluding carboxylic acids is 3. The second-order valence-corrected chi connectivity index (χ2v) is 5.00. The second kappa shape index (κ2) is 9.53. The SMILES string of the molecule is CCCC(CCNC(=O)OC(C)C)C(=O)CC(C)=O. The van der Waals surface area contributed by atoms with Crippen LogP contribution in [-0.2, 0) is 14.3 Å². The number of rotatable bonds is 9. The summed E-state index contributed by atoms with van der Waals surface area (Å²) in [5.74, 6) is -0.306. The van der Waals surface area contributed by atoms with Gasteiger partial charge in [0.1, 0.15) is 11.6 Å². The second-order valence-electron chi connectivity index (χ2n) is 5.00. The molecule has 0 aromatic rings. The number of Topliss-reactive ketones (excluding diaryl/α,β-unsaturated/α-hetero) is 2. The van der Waals surface area contributed by atoms with Gasteiger partial charge in [-0.15, -0.1) is 0 Å². The van der Waals surface area contributed by atoms with Crippen LogP contribution in [0.5, 0.6) is 0 Å². The Kier molecular flexibility index (Phi) is 8.83. The first-order valence-corrected chi connectivity index (χ1v) is 6.83. The molecule has 0 aliphatic rings. The van der Waals surface area contributed by atoms with Crippen LogP contribution in [-0.4, -0.2) is 30.3 Å². The molecule has 110 valence electrons. The number of carbonyl (C=O) groups is 3. The first-order chi connectivity index (χ1) is 8.86. The van der Waals surface area contributed by atoms with Crippen molar-refractivity contribution in [1.82, 2.24) is 5.32 Å². The number of hydrogen-bond donors (Lipinski definition) is 1. The highest BCUT2D eigenvalue weighted by Crippen LogP contribution is 2.14. The number of amides is 1. The highest BCUT2D eigenvalue weighted by molar-refractivity contribution is 5.99. The summed E-state index contributed by atoms with van der Waals surface area (Å²) >= 11 is 0. The lowest BCUT2D eigenvalue weighted by molar-refractivity contribution is -0.128. The lowest BCUT2D eigenvalue weighted by Gasteiger charge is -2.15. The van der Waals surface area contributed by atoms with Crippen molar-refractivity contribution < 1.29 is 19.1 Å². The molecule has 0 aromatic carbocycles. The van der Waals surface area contributed by atoms with Crippen molar-refractivity contribution in [1.29, 1.82) is 0 Å². The van der Waals surface area contributed by atoms with Gasteiger partial charge in [-0.1, -0.05) is 13.3 Å². The van der Waals surface area contributed by atoms with Crippen LogP contribution in [0.4, 0.5) is 4.79 Å². The van der Waals surface area contributed by atoms with Crippen LogP contribution in [0.3, 0.4) is 0 Å². The fraction of sp³-hybridized carbons (Fsp3) is 0.786. The van der Waals surface area contributed by atoms with E-state index in [0.29, 0.717) is 13.0 Å². The van der Waals surface area contributed by atoms with Crippen LogP contribution in [0, 0.1) is 5.92 Å². The Morgan fingerprint density at radius 1 is 1.16 bits per heavy atom. The molecule has 0 saturated carbocycles. The average Bonchev–Trinajstić information content (AvgIpc) is 2.25. The minimum absolute atomic E-state index is 0.0128. The zero-order chi connectivity index (χ0) is 14.8. The standard InChI is InChI=1S/C14H25NO4/c1-5-6-12(13(17)9-11(4)16)7-8-15-14(18)19-10(2)3/h10,12H,5-9H2,1-4H3,(H,15,18). The Labute approximate surface area is 115 Å². The molecule has 0 saturated heterocycles. The van der Waals surface area contributed by atoms with Gasteiger partial charge in [-0.3, -0.25) is 9.59 Å². The topological polar surface area (TPSA) is 72.5 Å². The van der Waals surface area contributed by atoms with Crippen molar-refractivity contribution in [3.05, 3.63) is 0 Å². The van der Waals surface area contributed by atoms with E-state index in [2.05, 4.69) is 5.32 Å². The minimum atomic E-state index is -0.468. The van der Waals surface area contributed by atoms with E-state index in [9.17, 15) is 14.4 Å². The molecule has 0 bridgehead atoms. The quantitative estimate of drug-likeness (QED) is 0.654. The summed E-state index contributed by atoms with van der Waals surface area (Å²) in [5, 5.41) is 2.61. The zero-order valence-corrected chi connectivity index (χ0v) is 12.3. The van der Waals surface area contributed by atoms with Crippen LogP contribution in [0.2, 0.25) is 0 Å². The monoisotopic (exact) mass is 271 g/mol. The third kappa shape index (κ3) is 9.22. The molecular weight excluding hydrogens is 246 g/mol. The highest BCUT2D eigenvalue weighted by Gasteiger charge is 2.19. The normalized spacial score (nSPS) is 12.1. The Balaban J connectivity index is 4.10. The summed E-state index contributed by atoms with van der Waals surface area (Å²) in [6.45, 7) is 7.35. The molecule has 5 heteroatoms. The van der Waals surface area contributed by atoms with Crippen molar-refractivity contribution in [2.45, 2.75) is 59.5 Å². The summed E-state index contributed by atoms with van der Waals surface area (Å²) in [5.41, 5.74) is 0. The molecule has 5 nitrogen and oxygen atoms in total. The van der Waals surface area contributed by atoms with E-state index in [1.54, 1.807) is 13.8 Å². The van der Waals surface area contributed by atoms with Crippen LogP contribution in [0.15, 0.2) is 0 Å². The lowest BCUT2D eigenvalue weighted by atomic mass is 9.92. The predicted molar refractivity (Wildman–Crippen MR) is 72.9 cm³/mol. The number of ketones is 2. The molecule has 19 heavy (non-hydrogen) atoms. The Morgan fingerprint density at radius 2 is 1.79 bits per heavy atom. The molecule has 0 aromatic heterocycles. The molecule has 1 amide bonds. The Bertz CT molecular complexity index is 313. The molecule has 0 aliphatic carbocycles. The van der Waals surface area contributed by atoms with Gasteiger partial charge in [-0.25, -0.2) is 4.79 Å². The van der Waals surface area contributed by atoms with E-state index < -0.39 is 6.09 Å². The smallest absolute Gasteiger partial charge is 0.407 e. The number of nitrogens with one attached hydrogen (secondary N) is 1. The van der Waals surface area contributed by atoms with Gasteiger partial charge >= 0.3 is 6.09 Å². The van der Waals surface area contributed by atoms with Crippen LogP contribution < -0.4 is 5.32 Å². The molecule has 1 N–H and O–H groups in total. The number of hydrogen-bond acceptors (Lipinski definition) is 4. The summed E-state index contributed by atoms with van der Waals surface area (Å²) in [6.07, 6.45) is 1.53. The average molecular weight is 271 g/mol. The van der Waals surface area contributed by atoms with Gasteiger partial charge in [0.05, 0.1) is 12.5 Å². The van der Waals surface area contributed by atoms with Crippen molar-refractivity contribution in [3.63, 3.8) is 0 Å². The van der Waals surface area contributed by atoms with Gasteiger partial charge in [-0.05, 0) is 33.6 Å². The van der Waals surface area contributed by atoms with Crippen LogP contribution in [0.1, 0.15) is 53.4 Å². The van der Waals surface area contributed by atoms with Gasteiger partial charge < -0.3 is 10.1 Å². The molecule has 0 fully saturated rings. The molecular formula is C14H25NO4. The Hall–Kier alpha value is -1.39. The fourth-order valence-electron chi connectivity index (χ4n) is 1.81. The molecule has 1 atom stereocenters. The van der Waals surface area contributed by atoms with Crippen molar-refractivity contribution in [2.24, 2.45) is 5.92 Å².